The van der Waals surface area contributed by atoms with E-state index < -0.39 is 28.4 Å². The number of halogens is 2. The molecule has 3 nitrogen and oxygen atoms in total. The summed E-state index contributed by atoms with van der Waals surface area (Å²) >= 11 is 0. The largest absolute Gasteiger partial charge is 0.477 e. The molecule has 0 atom stereocenters. The van der Waals surface area contributed by atoms with Crippen LogP contribution >= 0.6 is 0 Å². The second-order valence-electron chi connectivity index (χ2n) is 2.93. The molecule has 1 rings (SSSR count). The topological polar surface area (TPSA) is 61.1 Å². The summed E-state index contributed by atoms with van der Waals surface area (Å²) < 4.78 is 26.7. The molecule has 0 aliphatic carbocycles. The van der Waals surface area contributed by atoms with Crippen molar-refractivity contribution in [2.45, 2.75) is 6.92 Å². The molecule has 1 aromatic carbocycles. The van der Waals surface area contributed by atoms with Gasteiger partial charge in [0.1, 0.15) is 23.3 Å². The van der Waals surface area contributed by atoms with Gasteiger partial charge in [0, 0.05) is 10.4 Å². The molecule has 0 saturated heterocycles. The van der Waals surface area contributed by atoms with Crippen molar-refractivity contribution in [1.29, 1.82) is 5.26 Å². The Labute approximate surface area is 89.6 Å². The third-order valence-electron chi connectivity index (χ3n) is 1.99. The van der Waals surface area contributed by atoms with Crippen LogP contribution in [0.2, 0.25) is 0 Å². The van der Waals surface area contributed by atoms with E-state index in [-0.39, 0.29) is 5.22 Å². The summed E-state index contributed by atoms with van der Waals surface area (Å²) in [6.45, 7) is 1.52. The Morgan fingerprint density at radius 3 is 2.50 bits per heavy atom. The highest BCUT2D eigenvalue weighted by Gasteiger charge is 2.11. The first kappa shape index (κ1) is 11.9. The van der Waals surface area contributed by atoms with Crippen molar-refractivity contribution in [2.75, 3.05) is 0 Å². The van der Waals surface area contributed by atoms with Crippen LogP contribution in [0.15, 0.2) is 12.1 Å². The maximum absolute atomic E-state index is 13.4. The van der Waals surface area contributed by atoms with Gasteiger partial charge < -0.3 is 5.11 Å². The maximum atomic E-state index is 13.4. The monoisotopic (exact) mass is 223 g/mol. The zero-order valence-corrected chi connectivity index (χ0v) is 8.29. The lowest BCUT2D eigenvalue weighted by molar-refractivity contribution is -0.130. The van der Waals surface area contributed by atoms with Crippen LogP contribution in [0.3, 0.4) is 0 Å². The van der Waals surface area contributed by atoms with E-state index in [1.165, 1.54) is 19.1 Å². The second-order valence-corrected chi connectivity index (χ2v) is 2.93. The molecule has 1 N–H and O–H groups in total. The molecule has 0 aliphatic rings. The molecule has 0 bridgehead atoms. The molecule has 0 saturated carbocycles. The number of carboxylic acid groups (broad SMARTS) is 1. The van der Waals surface area contributed by atoms with Gasteiger partial charge in [-0.2, -0.15) is 5.26 Å². The highest BCUT2D eigenvalue weighted by Crippen LogP contribution is 1.95. The van der Waals surface area contributed by atoms with Crippen LogP contribution in [0.25, 0.3) is 11.6 Å². The van der Waals surface area contributed by atoms with Gasteiger partial charge in [0.15, 0.2) is 0 Å². The Kier molecular flexibility index (Phi) is 3.36. The van der Waals surface area contributed by atoms with Crippen molar-refractivity contribution in [2.24, 2.45) is 0 Å². The molecule has 0 spiro atoms. The van der Waals surface area contributed by atoms with E-state index in [0.717, 1.165) is 6.07 Å². The van der Waals surface area contributed by atoms with Crippen LogP contribution in [0, 0.1) is 23.0 Å². The SMILES string of the molecule is C/C=c1\cc(F)/c(=C(/C#N)C(=O)O)cc1F. The molecule has 1 aromatic rings. The fraction of sp³-hybridized carbons (Fsp3) is 0.0909. The predicted molar refractivity (Wildman–Crippen MR) is 52.4 cm³/mol. The van der Waals surface area contributed by atoms with Crippen LogP contribution in [0.1, 0.15) is 6.92 Å². The van der Waals surface area contributed by atoms with Gasteiger partial charge in [0.25, 0.3) is 0 Å². The number of benzene rings is 1. The summed E-state index contributed by atoms with van der Waals surface area (Å²) in [6, 6.07) is 2.88. The van der Waals surface area contributed by atoms with E-state index in [1.54, 1.807) is 0 Å². The smallest absolute Gasteiger partial charge is 0.347 e. The number of hydrogen-bond acceptors (Lipinski definition) is 2. The summed E-state index contributed by atoms with van der Waals surface area (Å²) in [5.74, 6) is -3.30. The van der Waals surface area contributed by atoms with Crippen molar-refractivity contribution in [3.05, 3.63) is 34.2 Å². The van der Waals surface area contributed by atoms with Crippen LogP contribution in [0.5, 0.6) is 0 Å². The molecule has 16 heavy (non-hydrogen) atoms. The number of aliphatic carboxylic acids is 1. The number of hydrogen-bond donors (Lipinski definition) is 1. The Morgan fingerprint density at radius 1 is 1.44 bits per heavy atom. The molecule has 0 radical (unpaired) electrons. The van der Waals surface area contributed by atoms with Gasteiger partial charge in [0.2, 0.25) is 0 Å². The Balaban J connectivity index is 3.80. The van der Waals surface area contributed by atoms with E-state index in [9.17, 15) is 13.6 Å². The third-order valence-corrected chi connectivity index (χ3v) is 1.99. The standard InChI is InChI=1S/C11H7F2NO2/c1-2-6-3-10(13)7(4-9(6)12)8(5-14)11(15)16/h2-4H,1H3,(H,15,16)/b6-2+,8-7-. The first-order valence-corrected chi connectivity index (χ1v) is 4.30. The minimum atomic E-state index is -1.59. The number of nitriles is 1. The van der Waals surface area contributed by atoms with Crippen LogP contribution in [0.4, 0.5) is 8.78 Å². The Hall–Kier alpha value is -2.22. The summed E-state index contributed by atoms with van der Waals surface area (Å²) in [5.41, 5.74) is -0.820. The molecule has 0 amide bonds. The lowest BCUT2D eigenvalue weighted by Crippen LogP contribution is -2.22. The highest BCUT2D eigenvalue weighted by atomic mass is 19.1. The third kappa shape index (κ3) is 2.06. The van der Waals surface area contributed by atoms with Crippen molar-refractivity contribution < 1.29 is 18.7 Å². The first-order chi connectivity index (χ1) is 7.51. The van der Waals surface area contributed by atoms with Crippen LogP contribution in [-0.4, -0.2) is 11.1 Å². The zero-order valence-electron chi connectivity index (χ0n) is 8.29. The summed E-state index contributed by atoms with van der Waals surface area (Å²) in [4.78, 5) is 10.6. The van der Waals surface area contributed by atoms with Gasteiger partial charge in [-0.05, 0) is 19.1 Å². The molecular formula is C11H7F2NO2. The van der Waals surface area contributed by atoms with Crippen molar-refractivity contribution in [3.8, 4) is 6.07 Å². The summed E-state index contributed by atoms with van der Waals surface area (Å²) in [5, 5.41) is 16.6. The summed E-state index contributed by atoms with van der Waals surface area (Å²) in [7, 11) is 0. The Morgan fingerprint density at radius 2 is 2.06 bits per heavy atom. The molecule has 0 unspecified atom stereocenters. The van der Waals surface area contributed by atoms with E-state index in [2.05, 4.69) is 0 Å². The zero-order chi connectivity index (χ0) is 12.3. The van der Waals surface area contributed by atoms with Crippen molar-refractivity contribution in [1.82, 2.24) is 0 Å². The van der Waals surface area contributed by atoms with E-state index in [4.69, 9.17) is 10.4 Å². The van der Waals surface area contributed by atoms with E-state index in [1.807, 2.05) is 0 Å². The molecule has 0 aromatic heterocycles. The van der Waals surface area contributed by atoms with Gasteiger partial charge in [-0.15, -0.1) is 0 Å². The van der Waals surface area contributed by atoms with Gasteiger partial charge in [-0.3, -0.25) is 0 Å². The quantitative estimate of drug-likeness (QED) is 0.755. The lowest BCUT2D eigenvalue weighted by Gasteiger charge is -1.96. The average molecular weight is 223 g/mol. The second kappa shape index (κ2) is 4.53. The fourth-order valence-corrected chi connectivity index (χ4v) is 1.20. The van der Waals surface area contributed by atoms with E-state index >= 15 is 0 Å². The summed E-state index contributed by atoms with van der Waals surface area (Å²) in [6.07, 6.45) is 1.34. The highest BCUT2D eigenvalue weighted by molar-refractivity contribution is 6.14. The molecular weight excluding hydrogens is 216 g/mol. The number of carbonyl (C=O) groups is 1. The van der Waals surface area contributed by atoms with Crippen molar-refractivity contribution in [3.63, 3.8) is 0 Å². The van der Waals surface area contributed by atoms with Crippen molar-refractivity contribution >= 4 is 17.6 Å². The van der Waals surface area contributed by atoms with Gasteiger partial charge in [-0.1, -0.05) is 6.08 Å². The molecule has 0 heterocycles. The fourth-order valence-electron chi connectivity index (χ4n) is 1.20. The molecule has 0 aliphatic heterocycles. The number of nitrogens with zero attached hydrogens (tertiary/aromatic N) is 1. The number of rotatable bonds is 1. The minimum absolute atomic E-state index is 0.0175. The van der Waals surface area contributed by atoms with Crippen LogP contribution < -0.4 is 10.4 Å². The van der Waals surface area contributed by atoms with Gasteiger partial charge in [-0.25, -0.2) is 13.6 Å². The van der Waals surface area contributed by atoms with Gasteiger partial charge >= 0.3 is 5.97 Å². The van der Waals surface area contributed by atoms with Crippen LogP contribution in [-0.2, 0) is 4.79 Å². The Bertz CT molecular complexity index is 600. The number of carboxylic acids is 1. The maximum Gasteiger partial charge on any atom is 0.347 e. The van der Waals surface area contributed by atoms with Gasteiger partial charge in [0.05, 0.1) is 0 Å². The van der Waals surface area contributed by atoms with E-state index in [0.29, 0.717) is 6.07 Å². The first-order valence-electron chi connectivity index (χ1n) is 4.30. The molecule has 82 valence electrons. The normalized spacial score (nSPS) is 13.2. The predicted octanol–water partition coefficient (Wildman–Crippen LogP) is 0.524. The molecule has 0 fully saturated rings. The lowest BCUT2D eigenvalue weighted by atomic mass is 10.1. The minimum Gasteiger partial charge on any atom is -0.477 e. The average Bonchev–Trinajstić information content (AvgIpc) is 2.23. The molecule has 5 heteroatoms.